The molecule has 0 spiro atoms. The van der Waals surface area contributed by atoms with Gasteiger partial charge in [0, 0.05) is 39.7 Å². The fraction of sp³-hybridized carbons (Fsp3) is 0. The van der Waals surface area contributed by atoms with Crippen molar-refractivity contribution in [2.45, 2.75) is 0 Å². The smallest absolute Gasteiger partial charge is 0.307 e. The van der Waals surface area contributed by atoms with Crippen LogP contribution in [0.3, 0.4) is 0 Å². The Hall–Kier alpha value is -4.32. The van der Waals surface area contributed by atoms with Crippen LogP contribution in [0, 0.1) is 20.2 Å². The molecule has 0 aliphatic carbocycles. The van der Waals surface area contributed by atoms with Crippen molar-refractivity contribution in [3.8, 4) is 11.3 Å². The lowest BCUT2D eigenvalue weighted by Gasteiger charge is -2.00. The third kappa shape index (κ3) is 4.25. The Morgan fingerprint density at radius 3 is 2.41 bits per heavy atom. The lowest BCUT2D eigenvalue weighted by Crippen LogP contribution is -2.16. The summed E-state index contributed by atoms with van der Waals surface area (Å²) in [5.41, 5.74) is 3.05. The maximum absolute atomic E-state index is 12.2. The van der Waals surface area contributed by atoms with Crippen LogP contribution < -0.4 is 5.43 Å². The molecule has 4 rings (SSSR count). The molecular weight excluding hydrogens is 488 g/mol. The van der Waals surface area contributed by atoms with Crippen molar-refractivity contribution in [1.29, 1.82) is 0 Å². The van der Waals surface area contributed by atoms with Gasteiger partial charge in [0.05, 0.1) is 16.1 Å². The van der Waals surface area contributed by atoms with Gasteiger partial charge in [0.25, 0.3) is 11.4 Å². The van der Waals surface area contributed by atoms with Crippen LogP contribution in [0.4, 0.5) is 11.4 Å². The summed E-state index contributed by atoms with van der Waals surface area (Å²) in [4.78, 5) is 32.9. The van der Waals surface area contributed by atoms with Crippen LogP contribution in [0.5, 0.6) is 0 Å². The van der Waals surface area contributed by atoms with Crippen LogP contribution in [0.15, 0.2) is 73.0 Å². The van der Waals surface area contributed by atoms with Gasteiger partial charge in [-0.2, -0.15) is 5.10 Å². The van der Waals surface area contributed by atoms with E-state index in [-0.39, 0.29) is 17.1 Å². The number of benzene rings is 2. The highest BCUT2D eigenvalue weighted by Crippen LogP contribution is 2.32. The van der Waals surface area contributed by atoms with E-state index in [2.05, 4.69) is 26.5 Å². The first-order chi connectivity index (χ1) is 15.3. The number of hydrogen-bond donors (Lipinski definition) is 1. The molecular formula is C20H11BrN4O7. The first-order valence-electron chi connectivity index (χ1n) is 8.87. The quantitative estimate of drug-likeness (QED) is 0.222. The zero-order valence-electron chi connectivity index (χ0n) is 15.9. The van der Waals surface area contributed by atoms with Crippen LogP contribution in [0.2, 0.25) is 0 Å². The zero-order valence-corrected chi connectivity index (χ0v) is 17.4. The standard InChI is InChI=1S/C20H11BrN4O7/c21-16-9-13(25(29)30)1-4-15(16)18-6-3-14(31-18)10-22-23-20(26)19-8-11-7-12(24(27)28)2-5-17(11)32-19/h1-10H,(H,23,26)/b22-10+. The SMILES string of the molecule is O=C(N/N=C/c1ccc(-c2ccc([N+](=O)[O-])cc2Br)o1)c1cc2cc([N+](=O)[O-])ccc2o1. The van der Waals surface area contributed by atoms with Crippen molar-refractivity contribution in [2.24, 2.45) is 5.10 Å². The van der Waals surface area contributed by atoms with Gasteiger partial charge < -0.3 is 8.83 Å². The summed E-state index contributed by atoms with van der Waals surface area (Å²) >= 11 is 3.28. The van der Waals surface area contributed by atoms with E-state index in [9.17, 15) is 25.0 Å². The van der Waals surface area contributed by atoms with Crippen LogP contribution in [-0.2, 0) is 0 Å². The maximum Gasteiger partial charge on any atom is 0.307 e. The summed E-state index contributed by atoms with van der Waals surface area (Å²) in [6.45, 7) is 0. The highest BCUT2D eigenvalue weighted by molar-refractivity contribution is 9.10. The van der Waals surface area contributed by atoms with Crippen molar-refractivity contribution in [3.63, 3.8) is 0 Å². The van der Waals surface area contributed by atoms with Gasteiger partial charge in [-0.05, 0) is 46.3 Å². The lowest BCUT2D eigenvalue weighted by molar-refractivity contribution is -0.385. The maximum atomic E-state index is 12.2. The van der Waals surface area contributed by atoms with Crippen LogP contribution in [0.25, 0.3) is 22.3 Å². The molecule has 0 fully saturated rings. The molecule has 0 aliphatic heterocycles. The second kappa shape index (κ2) is 8.43. The highest BCUT2D eigenvalue weighted by Gasteiger charge is 2.15. The minimum absolute atomic E-state index is 0.0585. The van der Waals surface area contributed by atoms with E-state index in [1.807, 2.05) is 0 Å². The Morgan fingerprint density at radius 2 is 1.69 bits per heavy atom. The first-order valence-corrected chi connectivity index (χ1v) is 9.66. The number of carbonyl (C=O) groups excluding carboxylic acids is 1. The van der Waals surface area contributed by atoms with Gasteiger partial charge in [0.1, 0.15) is 17.1 Å². The van der Waals surface area contributed by atoms with Gasteiger partial charge in [-0.15, -0.1) is 0 Å². The topological polar surface area (TPSA) is 154 Å². The van der Waals surface area contributed by atoms with Gasteiger partial charge in [0.2, 0.25) is 0 Å². The summed E-state index contributed by atoms with van der Waals surface area (Å²) in [5, 5.41) is 25.9. The fourth-order valence-corrected chi connectivity index (χ4v) is 3.41. The van der Waals surface area contributed by atoms with Crippen LogP contribution in [0.1, 0.15) is 16.3 Å². The average Bonchev–Trinajstić information content (AvgIpc) is 3.40. The van der Waals surface area contributed by atoms with Crippen LogP contribution >= 0.6 is 15.9 Å². The normalized spacial score (nSPS) is 11.2. The summed E-state index contributed by atoms with van der Waals surface area (Å²) in [6.07, 6.45) is 1.27. The number of nitrogens with one attached hydrogen (secondary N) is 1. The van der Waals surface area contributed by atoms with E-state index in [1.54, 1.807) is 18.2 Å². The molecule has 0 saturated heterocycles. The van der Waals surface area contributed by atoms with Crippen molar-refractivity contribution in [3.05, 3.63) is 90.8 Å². The number of nitro benzene ring substituents is 2. The molecule has 0 bridgehead atoms. The molecule has 1 N–H and O–H groups in total. The molecule has 1 amide bonds. The van der Waals surface area contributed by atoms with Crippen molar-refractivity contribution < 1.29 is 23.5 Å². The molecule has 160 valence electrons. The highest BCUT2D eigenvalue weighted by atomic mass is 79.9. The van der Waals surface area contributed by atoms with Gasteiger partial charge in [-0.1, -0.05) is 0 Å². The molecule has 11 nitrogen and oxygen atoms in total. The molecule has 0 unspecified atom stereocenters. The lowest BCUT2D eigenvalue weighted by atomic mass is 10.1. The number of hydrogen-bond acceptors (Lipinski definition) is 8. The summed E-state index contributed by atoms with van der Waals surface area (Å²) < 4.78 is 11.5. The fourth-order valence-electron chi connectivity index (χ4n) is 2.85. The Balaban J connectivity index is 1.45. The molecule has 2 aromatic heterocycles. The van der Waals surface area contributed by atoms with E-state index in [0.717, 1.165) is 0 Å². The van der Waals surface area contributed by atoms with E-state index in [0.29, 0.717) is 32.5 Å². The van der Waals surface area contributed by atoms with Crippen LogP contribution in [-0.4, -0.2) is 22.0 Å². The predicted octanol–water partition coefficient (Wildman–Crippen LogP) is 5.04. The average molecular weight is 499 g/mol. The van der Waals surface area contributed by atoms with Crippen molar-refractivity contribution >= 4 is 50.4 Å². The first kappa shape index (κ1) is 20.9. The summed E-state index contributed by atoms with van der Waals surface area (Å²) in [5.74, 6) is 0.0572. The molecule has 2 aromatic carbocycles. The Labute approximate surface area is 186 Å². The molecule has 0 radical (unpaired) electrons. The number of furan rings is 2. The Bertz CT molecular complexity index is 1410. The van der Waals surface area contributed by atoms with Crippen molar-refractivity contribution in [1.82, 2.24) is 5.43 Å². The molecule has 0 saturated carbocycles. The van der Waals surface area contributed by atoms with Gasteiger partial charge in [-0.25, -0.2) is 5.43 Å². The number of amides is 1. The molecule has 0 atom stereocenters. The largest absolute Gasteiger partial charge is 0.455 e. The second-order valence-electron chi connectivity index (χ2n) is 6.41. The second-order valence-corrected chi connectivity index (χ2v) is 7.27. The molecule has 32 heavy (non-hydrogen) atoms. The van der Waals surface area contributed by atoms with Gasteiger partial charge in [0.15, 0.2) is 5.76 Å². The zero-order chi connectivity index (χ0) is 22.8. The number of nitro groups is 2. The summed E-state index contributed by atoms with van der Waals surface area (Å²) in [6, 6.07) is 12.9. The van der Waals surface area contributed by atoms with E-state index >= 15 is 0 Å². The number of halogens is 1. The van der Waals surface area contributed by atoms with Gasteiger partial charge >= 0.3 is 5.91 Å². The molecule has 0 aliphatic rings. The number of carbonyl (C=O) groups is 1. The van der Waals surface area contributed by atoms with E-state index in [4.69, 9.17) is 8.83 Å². The number of rotatable bonds is 6. The number of non-ortho nitro benzene ring substituents is 2. The number of fused-ring (bicyclic) bond motifs is 1. The molecule has 2 heterocycles. The summed E-state index contributed by atoms with van der Waals surface area (Å²) in [7, 11) is 0. The predicted molar refractivity (Wildman–Crippen MR) is 116 cm³/mol. The van der Waals surface area contributed by atoms with E-state index in [1.165, 1.54) is 42.6 Å². The molecule has 12 heteroatoms. The van der Waals surface area contributed by atoms with E-state index < -0.39 is 15.8 Å². The van der Waals surface area contributed by atoms with Gasteiger partial charge in [-0.3, -0.25) is 25.0 Å². The minimum Gasteiger partial charge on any atom is -0.455 e. The Morgan fingerprint density at radius 1 is 0.969 bits per heavy atom. The Kier molecular flexibility index (Phi) is 5.52. The minimum atomic E-state index is -0.648. The number of hydrazone groups is 1. The third-order valence-electron chi connectivity index (χ3n) is 4.35. The number of nitrogens with zero attached hydrogens (tertiary/aromatic N) is 3. The molecule has 4 aromatic rings. The third-order valence-corrected chi connectivity index (χ3v) is 5.00. The van der Waals surface area contributed by atoms with Crippen molar-refractivity contribution in [2.75, 3.05) is 0 Å². The monoisotopic (exact) mass is 498 g/mol.